The zero-order chi connectivity index (χ0) is 14.5. The number of halogens is 3. The van der Waals surface area contributed by atoms with Crippen LogP contribution in [0.25, 0.3) is 0 Å². The van der Waals surface area contributed by atoms with Crippen LogP contribution in [0.2, 0.25) is 0 Å². The van der Waals surface area contributed by atoms with Gasteiger partial charge in [-0.05, 0) is 31.8 Å². The molecule has 1 saturated heterocycles. The van der Waals surface area contributed by atoms with Gasteiger partial charge in [0.2, 0.25) is 5.91 Å². The van der Waals surface area contributed by atoms with E-state index in [1.165, 1.54) is 0 Å². The van der Waals surface area contributed by atoms with Gasteiger partial charge in [0.05, 0.1) is 6.42 Å². The largest absolute Gasteiger partial charge is 0.399 e. The molecule has 5 nitrogen and oxygen atoms in total. The zero-order valence-corrected chi connectivity index (χ0v) is 16.0. The van der Waals surface area contributed by atoms with Crippen molar-refractivity contribution in [3.8, 4) is 0 Å². The lowest BCUT2D eigenvalue weighted by molar-refractivity contribution is -0.120. The number of likely N-dealkylation sites (N-methyl/N-ethyl adjacent to an activating group) is 2. The minimum absolute atomic E-state index is 0. The molecular formula is C15H27Cl3N4O. The maximum absolute atomic E-state index is 12.0. The zero-order valence-electron chi connectivity index (χ0n) is 13.5. The molecule has 1 aromatic carbocycles. The van der Waals surface area contributed by atoms with Crippen LogP contribution in [0.15, 0.2) is 24.3 Å². The molecule has 8 heteroatoms. The molecular weight excluding hydrogens is 359 g/mol. The Morgan fingerprint density at radius 3 is 2.39 bits per heavy atom. The fraction of sp³-hybridized carbons (Fsp3) is 0.533. The minimum Gasteiger partial charge on any atom is -0.399 e. The van der Waals surface area contributed by atoms with Gasteiger partial charge in [-0.1, -0.05) is 12.1 Å². The first kappa shape index (κ1) is 24.5. The SMILES string of the molecule is CN1CCN(C)C(CNC(=O)Cc2ccc(N)cc2)C1.Cl.Cl.Cl. The second-order valence-electron chi connectivity index (χ2n) is 5.62. The van der Waals surface area contributed by atoms with Crippen molar-refractivity contribution in [2.75, 3.05) is 46.0 Å². The lowest BCUT2D eigenvalue weighted by Gasteiger charge is -2.37. The van der Waals surface area contributed by atoms with Crippen LogP contribution in [-0.4, -0.2) is 62.0 Å². The number of nitrogen functional groups attached to an aromatic ring is 1. The summed E-state index contributed by atoms with van der Waals surface area (Å²) in [6, 6.07) is 7.84. The summed E-state index contributed by atoms with van der Waals surface area (Å²) in [4.78, 5) is 16.6. The van der Waals surface area contributed by atoms with Gasteiger partial charge in [-0.15, -0.1) is 37.2 Å². The molecule has 1 fully saturated rings. The van der Waals surface area contributed by atoms with Crippen molar-refractivity contribution >= 4 is 48.8 Å². The molecule has 0 aliphatic carbocycles. The van der Waals surface area contributed by atoms with Gasteiger partial charge >= 0.3 is 0 Å². The van der Waals surface area contributed by atoms with Crippen LogP contribution >= 0.6 is 37.2 Å². The highest BCUT2D eigenvalue weighted by molar-refractivity contribution is 5.86. The number of benzene rings is 1. The van der Waals surface area contributed by atoms with Crippen LogP contribution in [-0.2, 0) is 11.2 Å². The number of carbonyl (C=O) groups is 1. The lowest BCUT2D eigenvalue weighted by Crippen LogP contribution is -2.54. The van der Waals surface area contributed by atoms with Crippen molar-refractivity contribution in [3.63, 3.8) is 0 Å². The summed E-state index contributed by atoms with van der Waals surface area (Å²) in [5.74, 6) is 0.0661. The number of nitrogens with zero attached hydrogens (tertiary/aromatic N) is 2. The molecule has 1 amide bonds. The van der Waals surface area contributed by atoms with Gasteiger partial charge in [0.15, 0.2) is 0 Å². The third kappa shape index (κ3) is 8.08. The molecule has 0 radical (unpaired) electrons. The number of piperazine rings is 1. The summed E-state index contributed by atoms with van der Waals surface area (Å²) in [6.45, 7) is 3.84. The van der Waals surface area contributed by atoms with E-state index in [1.54, 1.807) is 0 Å². The molecule has 0 bridgehead atoms. The van der Waals surface area contributed by atoms with Gasteiger partial charge in [-0.2, -0.15) is 0 Å². The molecule has 3 N–H and O–H groups in total. The van der Waals surface area contributed by atoms with Gasteiger partial charge < -0.3 is 16.0 Å². The molecule has 0 aromatic heterocycles. The number of hydrogen-bond donors (Lipinski definition) is 2. The van der Waals surface area contributed by atoms with Crippen molar-refractivity contribution < 1.29 is 4.79 Å². The number of anilines is 1. The predicted octanol–water partition coefficient (Wildman–Crippen LogP) is 1.44. The number of hydrogen-bond acceptors (Lipinski definition) is 4. The summed E-state index contributed by atoms with van der Waals surface area (Å²) in [5, 5.41) is 3.03. The number of carbonyl (C=O) groups excluding carboxylic acids is 1. The molecule has 0 saturated carbocycles. The third-order valence-electron chi connectivity index (χ3n) is 3.86. The van der Waals surface area contributed by atoms with Crippen molar-refractivity contribution in [1.29, 1.82) is 0 Å². The van der Waals surface area contributed by atoms with E-state index >= 15 is 0 Å². The van der Waals surface area contributed by atoms with Crippen LogP contribution in [0.1, 0.15) is 5.56 Å². The Kier molecular flexibility index (Phi) is 12.5. The van der Waals surface area contributed by atoms with Gasteiger partial charge in [0.1, 0.15) is 0 Å². The van der Waals surface area contributed by atoms with Gasteiger partial charge in [-0.25, -0.2) is 0 Å². The molecule has 1 aliphatic heterocycles. The predicted molar refractivity (Wildman–Crippen MR) is 103 cm³/mol. The second-order valence-corrected chi connectivity index (χ2v) is 5.62. The van der Waals surface area contributed by atoms with E-state index in [-0.39, 0.29) is 43.1 Å². The fourth-order valence-electron chi connectivity index (χ4n) is 2.44. The molecule has 23 heavy (non-hydrogen) atoms. The van der Waals surface area contributed by atoms with Crippen LogP contribution < -0.4 is 11.1 Å². The molecule has 2 rings (SSSR count). The van der Waals surface area contributed by atoms with Crippen LogP contribution in [0, 0.1) is 0 Å². The van der Waals surface area contributed by atoms with E-state index in [2.05, 4.69) is 29.2 Å². The standard InChI is InChI=1S/C15H24N4O.3ClH/c1-18-7-8-19(2)14(11-18)10-17-15(20)9-12-3-5-13(16)6-4-12;;;/h3-6,14H,7-11,16H2,1-2H3,(H,17,20);3*1H. The summed E-state index contributed by atoms with van der Waals surface area (Å²) >= 11 is 0. The second kappa shape index (κ2) is 11.8. The molecule has 1 aromatic rings. The Bertz CT molecular complexity index is 459. The summed E-state index contributed by atoms with van der Waals surface area (Å²) < 4.78 is 0. The molecule has 1 unspecified atom stereocenters. The maximum Gasteiger partial charge on any atom is 0.224 e. The highest BCUT2D eigenvalue weighted by Crippen LogP contribution is 2.07. The average molecular weight is 386 g/mol. The molecule has 1 heterocycles. The lowest BCUT2D eigenvalue weighted by atomic mass is 10.1. The average Bonchev–Trinajstić information content (AvgIpc) is 2.42. The first-order valence-electron chi connectivity index (χ1n) is 7.04. The van der Waals surface area contributed by atoms with Crippen LogP contribution in [0.5, 0.6) is 0 Å². The number of amides is 1. The Labute approximate surface area is 157 Å². The van der Waals surface area contributed by atoms with Crippen molar-refractivity contribution in [2.45, 2.75) is 12.5 Å². The molecule has 134 valence electrons. The normalized spacial score (nSPS) is 18.1. The number of nitrogens with two attached hydrogens (primary N) is 1. The van der Waals surface area contributed by atoms with E-state index < -0.39 is 0 Å². The first-order chi connectivity index (χ1) is 9.54. The smallest absolute Gasteiger partial charge is 0.224 e. The molecule has 1 atom stereocenters. The van der Waals surface area contributed by atoms with E-state index in [0.29, 0.717) is 19.0 Å². The fourth-order valence-corrected chi connectivity index (χ4v) is 2.44. The Morgan fingerprint density at radius 1 is 1.17 bits per heavy atom. The molecule has 1 aliphatic rings. The number of nitrogens with one attached hydrogen (secondary N) is 1. The van der Waals surface area contributed by atoms with E-state index in [1.807, 2.05) is 24.3 Å². The van der Waals surface area contributed by atoms with Gasteiger partial charge in [-0.3, -0.25) is 9.69 Å². The monoisotopic (exact) mass is 384 g/mol. The number of rotatable bonds is 4. The van der Waals surface area contributed by atoms with Gasteiger partial charge in [0, 0.05) is 37.9 Å². The third-order valence-corrected chi connectivity index (χ3v) is 3.86. The summed E-state index contributed by atoms with van der Waals surface area (Å²) in [7, 11) is 4.24. The van der Waals surface area contributed by atoms with E-state index in [4.69, 9.17) is 5.73 Å². The first-order valence-corrected chi connectivity index (χ1v) is 7.04. The van der Waals surface area contributed by atoms with Gasteiger partial charge in [0.25, 0.3) is 0 Å². The Morgan fingerprint density at radius 2 is 1.78 bits per heavy atom. The maximum atomic E-state index is 12.0. The van der Waals surface area contributed by atoms with E-state index in [0.717, 1.165) is 30.9 Å². The minimum atomic E-state index is 0. The van der Waals surface area contributed by atoms with Crippen molar-refractivity contribution in [2.24, 2.45) is 0 Å². The quantitative estimate of drug-likeness (QED) is 0.770. The van der Waals surface area contributed by atoms with Crippen molar-refractivity contribution in [3.05, 3.63) is 29.8 Å². The Hall–Kier alpha value is -0.720. The van der Waals surface area contributed by atoms with E-state index in [9.17, 15) is 4.79 Å². The van der Waals surface area contributed by atoms with Crippen LogP contribution in [0.3, 0.4) is 0 Å². The van der Waals surface area contributed by atoms with Crippen LogP contribution in [0.4, 0.5) is 5.69 Å². The highest BCUT2D eigenvalue weighted by Gasteiger charge is 2.22. The molecule has 0 spiro atoms. The summed E-state index contributed by atoms with van der Waals surface area (Å²) in [5.41, 5.74) is 7.35. The van der Waals surface area contributed by atoms with Crippen molar-refractivity contribution in [1.82, 2.24) is 15.1 Å². The summed E-state index contributed by atoms with van der Waals surface area (Å²) in [6.07, 6.45) is 0.409. The highest BCUT2D eigenvalue weighted by atomic mass is 35.5. The topological polar surface area (TPSA) is 61.6 Å². The Balaban J connectivity index is 0.